The molecule has 1 unspecified atom stereocenters. The summed E-state index contributed by atoms with van der Waals surface area (Å²) in [5.41, 5.74) is 4.31. The smallest absolute Gasteiger partial charge is 0.0367 e. The van der Waals surface area contributed by atoms with E-state index in [-0.39, 0.29) is 0 Å². The average Bonchev–Trinajstić information content (AvgIpc) is 2.48. The van der Waals surface area contributed by atoms with Gasteiger partial charge in [-0.2, -0.15) is 0 Å². The Bertz CT molecular complexity index is 502. The van der Waals surface area contributed by atoms with Crippen LogP contribution in [0.15, 0.2) is 54.6 Å². The number of alkyl halides is 1. The van der Waals surface area contributed by atoms with Crippen molar-refractivity contribution >= 4 is 15.9 Å². The zero-order chi connectivity index (χ0) is 14.2. The molecule has 2 aromatic rings. The fraction of sp³-hybridized carbons (Fsp3) is 0.368. The zero-order valence-electron chi connectivity index (χ0n) is 12.2. The predicted octanol–water partition coefficient (Wildman–Crippen LogP) is 6.10. The summed E-state index contributed by atoms with van der Waals surface area (Å²) in [6.45, 7) is 2.18. The van der Waals surface area contributed by atoms with Crippen LogP contribution in [0.3, 0.4) is 0 Å². The number of rotatable bonds is 7. The minimum Gasteiger partial charge on any atom is -0.0842 e. The minimum absolute atomic E-state index is 0.445. The van der Waals surface area contributed by atoms with Gasteiger partial charge in [0.2, 0.25) is 0 Å². The number of aryl methyl sites for hydroxylation is 2. The van der Waals surface area contributed by atoms with E-state index in [0.29, 0.717) is 4.83 Å². The maximum absolute atomic E-state index is 3.64. The Morgan fingerprint density at radius 1 is 0.800 bits per heavy atom. The molecule has 106 valence electrons. The third kappa shape index (κ3) is 5.13. The maximum atomic E-state index is 3.64. The summed E-state index contributed by atoms with van der Waals surface area (Å²) >= 11 is 3.64. The molecule has 0 fully saturated rings. The van der Waals surface area contributed by atoms with Crippen LogP contribution in [-0.4, -0.2) is 0 Å². The fourth-order valence-corrected chi connectivity index (χ4v) is 2.76. The Morgan fingerprint density at radius 3 is 2.15 bits per heavy atom. The lowest BCUT2D eigenvalue weighted by atomic mass is 10.0. The first-order valence-electron chi connectivity index (χ1n) is 7.52. The van der Waals surface area contributed by atoms with Gasteiger partial charge in [-0.15, -0.1) is 0 Å². The summed E-state index contributed by atoms with van der Waals surface area (Å²) in [5.74, 6) is 0. The maximum Gasteiger partial charge on any atom is 0.0367 e. The van der Waals surface area contributed by atoms with E-state index in [1.54, 1.807) is 0 Å². The second kappa shape index (κ2) is 8.26. The zero-order valence-corrected chi connectivity index (χ0v) is 13.8. The van der Waals surface area contributed by atoms with Crippen LogP contribution in [0, 0.1) is 0 Å². The van der Waals surface area contributed by atoms with Crippen LogP contribution < -0.4 is 0 Å². The number of unbranched alkanes of at least 4 members (excludes halogenated alkanes) is 2. The van der Waals surface area contributed by atoms with E-state index < -0.39 is 0 Å². The first-order chi connectivity index (χ1) is 9.75. The quantitative estimate of drug-likeness (QED) is 0.425. The molecule has 0 aromatic heterocycles. The van der Waals surface area contributed by atoms with Crippen LogP contribution in [0.1, 0.15) is 47.7 Å². The lowest BCUT2D eigenvalue weighted by Gasteiger charge is -2.07. The molecule has 0 aliphatic rings. The van der Waals surface area contributed by atoms with Gasteiger partial charge in [0.05, 0.1) is 0 Å². The summed E-state index contributed by atoms with van der Waals surface area (Å²) in [5, 5.41) is 0. The third-order valence-corrected chi connectivity index (χ3v) is 4.21. The van der Waals surface area contributed by atoms with Crippen molar-refractivity contribution in [3.63, 3.8) is 0 Å². The number of hydrogen-bond donors (Lipinski definition) is 0. The van der Waals surface area contributed by atoms with Gasteiger partial charge in [-0.25, -0.2) is 0 Å². The van der Waals surface area contributed by atoms with Crippen molar-refractivity contribution in [1.29, 1.82) is 0 Å². The van der Waals surface area contributed by atoms with E-state index in [1.165, 1.54) is 48.8 Å². The number of halogens is 1. The van der Waals surface area contributed by atoms with Crippen LogP contribution in [0.2, 0.25) is 0 Å². The molecule has 2 aromatic carbocycles. The van der Waals surface area contributed by atoms with Crippen molar-refractivity contribution in [3.05, 3.63) is 71.3 Å². The standard InChI is InChI=1S/C19H23Br/c1-16(20)19-14-8-13-18(15-19)12-7-3-6-11-17-9-4-2-5-10-17/h2,4-5,8-10,13-16H,3,6-7,11-12H2,1H3. The van der Waals surface area contributed by atoms with Crippen LogP contribution in [0.5, 0.6) is 0 Å². The van der Waals surface area contributed by atoms with Crippen LogP contribution in [0.25, 0.3) is 0 Å². The van der Waals surface area contributed by atoms with Gasteiger partial charge < -0.3 is 0 Å². The molecular formula is C19H23Br. The number of hydrogen-bond acceptors (Lipinski definition) is 0. The molecule has 0 radical (unpaired) electrons. The van der Waals surface area contributed by atoms with Gasteiger partial charge in [0.25, 0.3) is 0 Å². The summed E-state index contributed by atoms with van der Waals surface area (Å²) in [7, 11) is 0. The van der Waals surface area contributed by atoms with Gasteiger partial charge in [0, 0.05) is 4.83 Å². The third-order valence-electron chi connectivity index (χ3n) is 3.68. The van der Waals surface area contributed by atoms with E-state index in [1.807, 2.05) is 0 Å². The molecule has 0 heterocycles. The van der Waals surface area contributed by atoms with Crippen LogP contribution in [-0.2, 0) is 12.8 Å². The second-order valence-corrected chi connectivity index (χ2v) is 6.78. The van der Waals surface area contributed by atoms with Crippen LogP contribution in [0.4, 0.5) is 0 Å². The molecule has 0 aliphatic carbocycles. The van der Waals surface area contributed by atoms with Crippen molar-refractivity contribution in [1.82, 2.24) is 0 Å². The molecule has 1 atom stereocenters. The van der Waals surface area contributed by atoms with Gasteiger partial charge in [0.1, 0.15) is 0 Å². The molecule has 0 saturated heterocycles. The van der Waals surface area contributed by atoms with Gasteiger partial charge in [-0.05, 0) is 49.3 Å². The molecule has 0 N–H and O–H groups in total. The first kappa shape index (κ1) is 15.3. The van der Waals surface area contributed by atoms with Crippen molar-refractivity contribution in [2.75, 3.05) is 0 Å². The highest BCUT2D eigenvalue weighted by molar-refractivity contribution is 9.09. The molecule has 1 heteroatoms. The Kier molecular flexibility index (Phi) is 6.32. The van der Waals surface area contributed by atoms with Crippen molar-refractivity contribution in [2.45, 2.75) is 43.9 Å². The Labute approximate surface area is 131 Å². The van der Waals surface area contributed by atoms with Gasteiger partial charge in [-0.1, -0.05) is 76.9 Å². The van der Waals surface area contributed by atoms with Gasteiger partial charge in [0.15, 0.2) is 0 Å². The highest BCUT2D eigenvalue weighted by atomic mass is 79.9. The average molecular weight is 331 g/mol. The van der Waals surface area contributed by atoms with Crippen molar-refractivity contribution in [3.8, 4) is 0 Å². The number of benzene rings is 2. The van der Waals surface area contributed by atoms with E-state index in [4.69, 9.17) is 0 Å². The van der Waals surface area contributed by atoms with E-state index in [0.717, 1.165) is 0 Å². The lowest BCUT2D eigenvalue weighted by molar-refractivity contribution is 0.678. The molecule has 0 aliphatic heterocycles. The summed E-state index contributed by atoms with van der Waals surface area (Å²) < 4.78 is 0. The van der Waals surface area contributed by atoms with Crippen molar-refractivity contribution in [2.24, 2.45) is 0 Å². The molecule has 0 saturated carbocycles. The highest BCUT2D eigenvalue weighted by Crippen LogP contribution is 2.22. The lowest BCUT2D eigenvalue weighted by Crippen LogP contribution is -1.91. The largest absolute Gasteiger partial charge is 0.0842 e. The first-order valence-corrected chi connectivity index (χ1v) is 8.44. The second-order valence-electron chi connectivity index (χ2n) is 5.41. The highest BCUT2D eigenvalue weighted by Gasteiger charge is 2.01. The molecule has 0 spiro atoms. The molecule has 20 heavy (non-hydrogen) atoms. The van der Waals surface area contributed by atoms with E-state index >= 15 is 0 Å². The molecule has 2 rings (SSSR count). The minimum atomic E-state index is 0.445. The molecule has 0 bridgehead atoms. The van der Waals surface area contributed by atoms with Crippen LogP contribution >= 0.6 is 15.9 Å². The molecule has 0 nitrogen and oxygen atoms in total. The summed E-state index contributed by atoms with van der Waals surface area (Å²) in [6.07, 6.45) is 6.29. The van der Waals surface area contributed by atoms with E-state index in [9.17, 15) is 0 Å². The molecular weight excluding hydrogens is 308 g/mol. The fourth-order valence-electron chi connectivity index (χ4n) is 2.48. The van der Waals surface area contributed by atoms with E-state index in [2.05, 4.69) is 77.5 Å². The van der Waals surface area contributed by atoms with Gasteiger partial charge >= 0.3 is 0 Å². The Balaban J connectivity index is 1.69. The normalized spacial score (nSPS) is 12.3. The monoisotopic (exact) mass is 330 g/mol. The Hall–Kier alpha value is -1.08. The topological polar surface area (TPSA) is 0 Å². The van der Waals surface area contributed by atoms with Crippen molar-refractivity contribution < 1.29 is 0 Å². The Morgan fingerprint density at radius 2 is 1.45 bits per heavy atom. The summed E-state index contributed by atoms with van der Waals surface area (Å²) in [6, 6.07) is 19.7. The SMILES string of the molecule is CC(Br)c1cccc(CCCCCc2ccccc2)c1. The predicted molar refractivity (Wildman–Crippen MR) is 91.5 cm³/mol. The summed E-state index contributed by atoms with van der Waals surface area (Å²) in [4.78, 5) is 0.445. The molecule has 0 amide bonds. The van der Waals surface area contributed by atoms with Gasteiger partial charge in [-0.3, -0.25) is 0 Å².